The molecular formula is C24H37N7S. The highest BCUT2D eigenvalue weighted by Crippen LogP contribution is 2.38. The van der Waals surface area contributed by atoms with Gasteiger partial charge in [-0.25, -0.2) is 15.0 Å². The second kappa shape index (κ2) is 10.6. The largest absolute Gasteiger partial charge is 0.363 e. The van der Waals surface area contributed by atoms with Gasteiger partial charge in [-0.2, -0.15) is 0 Å². The van der Waals surface area contributed by atoms with Gasteiger partial charge in [0.2, 0.25) is 0 Å². The Kier molecular flexibility index (Phi) is 8.11. The normalized spacial score (nSPS) is 19.7. The third-order valence-electron chi connectivity index (χ3n) is 6.69. The first kappa shape index (κ1) is 24.5. The fourth-order valence-electron chi connectivity index (χ4n) is 4.52. The summed E-state index contributed by atoms with van der Waals surface area (Å²) >= 11 is 1.15. The van der Waals surface area contributed by atoms with Crippen molar-refractivity contribution >= 4 is 23.6 Å². The highest BCUT2D eigenvalue weighted by atomic mass is 32.2. The summed E-state index contributed by atoms with van der Waals surface area (Å²) in [5, 5.41) is 18.8. The predicted octanol–water partition coefficient (Wildman–Crippen LogP) is 5.14. The zero-order valence-electron chi connectivity index (χ0n) is 19.9. The highest BCUT2D eigenvalue weighted by molar-refractivity contribution is 7.97. The summed E-state index contributed by atoms with van der Waals surface area (Å²) in [6.45, 7) is 12.1. The molecule has 2 aromatic heterocycles. The van der Waals surface area contributed by atoms with Crippen molar-refractivity contribution in [2.75, 3.05) is 11.9 Å². The Morgan fingerprint density at radius 3 is 2.66 bits per heavy atom. The minimum absolute atomic E-state index is 0.0118. The number of pyridine rings is 1. The highest BCUT2D eigenvalue weighted by Gasteiger charge is 2.40. The van der Waals surface area contributed by atoms with Gasteiger partial charge in [0.05, 0.1) is 11.9 Å². The van der Waals surface area contributed by atoms with E-state index in [0.29, 0.717) is 11.8 Å². The summed E-state index contributed by atoms with van der Waals surface area (Å²) in [5.74, 6) is 2.85. The first-order chi connectivity index (χ1) is 15.2. The van der Waals surface area contributed by atoms with Crippen molar-refractivity contribution in [3.05, 3.63) is 42.5 Å². The number of hydrogen-bond acceptors (Lipinski definition) is 7. The Bertz CT molecular complexity index is 887. The zero-order chi connectivity index (χ0) is 23.3. The van der Waals surface area contributed by atoms with Crippen molar-refractivity contribution in [2.24, 2.45) is 22.9 Å². The molecule has 3 atom stereocenters. The van der Waals surface area contributed by atoms with Gasteiger partial charge in [0.1, 0.15) is 17.2 Å². The maximum atomic E-state index is 8.78. The zero-order valence-corrected chi connectivity index (χ0v) is 20.7. The molecule has 1 saturated heterocycles. The van der Waals surface area contributed by atoms with Gasteiger partial charge in [0, 0.05) is 36.0 Å². The predicted molar refractivity (Wildman–Crippen MR) is 133 cm³/mol. The molecule has 0 aromatic carbocycles. The van der Waals surface area contributed by atoms with E-state index < -0.39 is 0 Å². The number of likely N-dealkylation sites (tertiary alicyclic amines) is 1. The third kappa shape index (κ3) is 5.98. The molecule has 1 fully saturated rings. The van der Waals surface area contributed by atoms with Crippen LogP contribution >= 0.6 is 11.9 Å². The Labute approximate surface area is 196 Å². The number of amidine groups is 1. The van der Waals surface area contributed by atoms with Crippen LogP contribution in [0, 0.1) is 23.2 Å². The quantitative estimate of drug-likeness (QED) is 0.273. The fraction of sp³-hybridized carbons (Fsp3) is 0.583. The minimum Gasteiger partial charge on any atom is -0.363 e. The molecule has 3 rings (SSSR count). The molecular weight excluding hydrogens is 418 g/mol. The first-order valence-corrected chi connectivity index (χ1v) is 12.3. The number of aromatic nitrogens is 3. The van der Waals surface area contributed by atoms with E-state index in [9.17, 15) is 0 Å². The van der Waals surface area contributed by atoms with E-state index in [1.807, 2.05) is 30.6 Å². The number of nitrogens with zero attached hydrogens (tertiary/aromatic N) is 4. The molecule has 3 heterocycles. The Morgan fingerprint density at radius 1 is 1.28 bits per heavy atom. The van der Waals surface area contributed by atoms with Crippen LogP contribution in [0.5, 0.6) is 0 Å². The summed E-state index contributed by atoms with van der Waals surface area (Å²) in [4.78, 5) is 15.4. The molecule has 2 unspecified atom stereocenters. The van der Waals surface area contributed by atoms with Gasteiger partial charge in [0.25, 0.3) is 0 Å². The molecule has 0 bridgehead atoms. The van der Waals surface area contributed by atoms with Crippen LogP contribution in [0.1, 0.15) is 65.5 Å². The van der Waals surface area contributed by atoms with E-state index in [1.54, 1.807) is 6.33 Å². The molecule has 0 spiro atoms. The smallest absolute Gasteiger partial charge is 0.127 e. The van der Waals surface area contributed by atoms with Crippen LogP contribution in [0.2, 0.25) is 0 Å². The van der Waals surface area contributed by atoms with Crippen molar-refractivity contribution in [2.45, 2.75) is 70.5 Å². The Morgan fingerprint density at radius 2 is 2.00 bits per heavy atom. The third-order valence-corrected chi connectivity index (χ3v) is 7.16. The van der Waals surface area contributed by atoms with Gasteiger partial charge in [0.15, 0.2) is 0 Å². The molecule has 0 radical (unpaired) electrons. The number of anilines is 1. The lowest BCUT2D eigenvalue weighted by atomic mass is 9.90. The number of nitrogens with one attached hydrogen (secondary N) is 2. The van der Waals surface area contributed by atoms with E-state index in [1.165, 1.54) is 0 Å². The van der Waals surface area contributed by atoms with Crippen molar-refractivity contribution < 1.29 is 0 Å². The number of hydrogen-bond donors (Lipinski definition) is 3. The molecule has 0 amide bonds. The number of rotatable bonds is 9. The summed E-state index contributed by atoms with van der Waals surface area (Å²) in [7, 11) is 0. The maximum Gasteiger partial charge on any atom is 0.127 e. The monoisotopic (exact) mass is 455 g/mol. The van der Waals surface area contributed by atoms with Gasteiger partial charge >= 0.3 is 0 Å². The van der Waals surface area contributed by atoms with Crippen LogP contribution in [-0.4, -0.2) is 37.8 Å². The lowest BCUT2D eigenvalue weighted by Crippen LogP contribution is -2.45. The number of nitrogens with two attached hydrogens (primary N) is 1. The second-order valence-electron chi connectivity index (χ2n) is 9.84. The van der Waals surface area contributed by atoms with Gasteiger partial charge in [-0.15, -0.1) is 0 Å². The van der Waals surface area contributed by atoms with Crippen LogP contribution in [-0.2, 0) is 0 Å². The molecule has 1 aliphatic rings. The van der Waals surface area contributed by atoms with Crippen LogP contribution in [0.3, 0.4) is 0 Å². The van der Waals surface area contributed by atoms with E-state index >= 15 is 0 Å². The van der Waals surface area contributed by atoms with Crippen LogP contribution in [0.25, 0.3) is 0 Å². The second-order valence-corrected chi connectivity index (χ2v) is 10.5. The van der Waals surface area contributed by atoms with E-state index in [4.69, 9.17) is 10.5 Å². The van der Waals surface area contributed by atoms with Gasteiger partial charge < -0.3 is 10.2 Å². The van der Waals surface area contributed by atoms with Crippen LogP contribution in [0.4, 0.5) is 5.82 Å². The standard InChI is InChI=1S/C24H37N7S/c1-16(2)17(3)23(25)31-14-18(11-24(31,4)5)9-10-20(19-12-27-15-28-13-19)29-21-7-6-8-22(30-21)32-26/h6-8,12-13,15-18,20,25H,9-11,14,26H2,1-5H3,(H,29,30)/t17?,18-,20?/m0/s1. The first-order valence-electron chi connectivity index (χ1n) is 11.4. The summed E-state index contributed by atoms with van der Waals surface area (Å²) in [5.41, 5.74) is 1.06. The van der Waals surface area contributed by atoms with Gasteiger partial charge in [-0.3, -0.25) is 10.5 Å². The average Bonchev–Trinajstić information content (AvgIpc) is 3.10. The topological polar surface area (TPSA) is 104 Å². The SMILES string of the molecule is CC(C)C(C)C(=N)N1C[C@@H](CCC(Nc2cccc(SN)n2)c2cncnc2)CC1(C)C. The Balaban J connectivity index is 1.70. The van der Waals surface area contributed by atoms with Crippen LogP contribution in [0.15, 0.2) is 41.9 Å². The van der Waals surface area contributed by atoms with Gasteiger partial charge in [-0.1, -0.05) is 26.8 Å². The molecule has 0 aliphatic carbocycles. The summed E-state index contributed by atoms with van der Waals surface area (Å²) in [6.07, 6.45) is 8.39. The molecule has 1 aliphatic heterocycles. The molecule has 7 nitrogen and oxygen atoms in total. The maximum absolute atomic E-state index is 8.78. The van der Waals surface area contributed by atoms with Crippen molar-refractivity contribution in [1.29, 1.82) is 5.41 Å². The summed E-state index contributed by atoms with van der Waals surface area (Å²) < 4.78 is 0. The average molecular weight is 456 g/mol. The molecule has 8 heteroatoms. The minimum atomic E-state index is 0.0118. The van der Waals surface area contributed by atoms with E-state index in [0.717, 1.165) is 60.0 Å². The Hall–Kier alpha value is -2.19. The van der Waals surface area contributed by atoms with E-state index in [2.05, 4.69) is 59.8 Å². The van der Waals surface area contributed by atoms with Crippen molar-refractivity contribution in [3.63, 3.8) is 0 Å². The van der Waals surface area contributed by atoms with Crippen molar-refractivity contribution in [1.82, 2.24) is 19.9 Å². The van der Waals surface area contributed by atoms with Gasteiger partial charge in [-0.05, 0) is 69.0 Å². The molecule has 2 aromatic rings. The summed E-state index contributed by atoms with van der Waals surface area (Å²) in [6, 6.07) is 5.89. The fourth-order valence-corrected chi connectivity index (χ4v) is 4.83. The molecule has 32 heavy (non-hydrogen) atoms. The van der Waals surface area contributed by atoms with Crippen LogP contribution < -0.4 is 10.5 Å². The van der Waals surface area contributed by atoms with E-state index in [-0.39, 0.29) is 17.5 Å². The van der Waals surface area contributed by atoms with Crippen molar-refractivity contribution in [3.8, 4) is 0 Å². The molecule has 174 valence electrons. The lowest BCUT2D eigenvalue weighted by Gasteiger charge is -2.37. The molecule has 4 N–H and O–H groups in total. The lowest BCUT2D eigenvalue weighted by molar-refractivity contribution is 0.261. The molecule has 0 saturated carbocycles.